The van der Waals surface area contributed by atoms with Gasteiger partial charge < -0.3 is 10.1 Å². The molecule has 0 aliphatic rings. The highest BCUT2D eigenvalue weighted by Crippen LogP contribution is 2.25. The highest BCUT2D eigenvalue weighted by Gasteiger charge is 2.11. The maximum absolute atomic E-state index is 5.21. The summed E-state index contributed by atoms with van der Waals surface area (Å²) in [5.41, 5.74) is 2.19. The molecule has 2 aromatic rings. The third-order valence-corrected chi connectivity index (χ3v) is 4.96. The van der Waals surface area contributed by atoms with Crippen molar-refractivity contribution >= 4 is 40.2 Å². The lowest BCUT2D eigenvalue weighted by Gasteiger charge is -2.10. The summed E-state index contributed by atoms with van der Waals surface area (Å²) in [6.45, 7) is 2.60. The van der Waals surface area contributed by atoms with Crippen LogP contribution in [0.5, 0.6) is 0 Å². The molecule has 4 nitrogen and oxygen atoms in total. The normalized spacial score (nSPS) is 10.7. The van der Waals surface area contributed by atoms with E-state index in [1.807, 2.05) is 7.05 Å². The third kappa shape index (κ3) is 4.55. The number of nitrogens with zero attached hydrogens (tertiary/aromatic N) is 2. The number of thioether (sulfide) groups is 1. The van der Waals surface area contributed by atoms with Crippen molar-refractivity contribution in [1.29, 1.82) is 0 Å². The van der Waals surface area contributed by atoms with Gasteiger partial charge >= 0.3 is 0 Å². The maximum Gasteiger partial charge on any atom is 0.143 e. The molecule has 1 aromatic heterocycles. The average molecular weight is 415 g/mol. The summed E-state index contributed by atoms with van der Waals surface area (Å²) in [5.74, 6) is 2.42. The molecule has 0 atom stereocenters. The first-order chi connectivity index (χ1) is 10.1. The Kier molecular flexibility index (Phi) is 6.25. The van der Waals surface area contributed by atoms with Crippen molar-refractivity contribution in [3.8, 4) is 0 Å². The predicted molar refractivity (Wildman–Crippen MR) is 95.7 cm³/mol. The van der Waals surface area contributed by atoms with Crippen LogP contribution in [0.15, 0.2) is 29.2 Å². The van der Waals surface area contributed by atoms with E-state index in [1.54, 1.807) is 18.9 Å². The number of ether oxygens (including phenoxy) is 1. The van der Waals surface area contributed by atoms with E-state index in [1.165, 1.54) is 10.5 Å². The minimum atomic E-state index is 0.498. The summed E-state index contributed by atoms with van der Waals surface area (Å²) in [7, 11) is 3.55. The Hall–Kier alpha value is -0.860. The number of rotatable bonds is 6. The molecule has 112 valence electrons. The molecule has 0 radical (unpaired) electrons. The minimum Gasteiger partial charge on any atom is -0.378 e. The molecule has 0 fully saturated rings. The number of benzene rings is 1. The minimum absolute atomic E-state index is 0.498. The Bertz CT molecular complexity index is 622. The third-order valence-electron chi connectivity index (χ3n) is 2.84. The van der Waals surface area contributed by atoms with Gasteiger partial charge in [-0.15, -0.1) is 11.8 Å². The van der Waals surface area contributed by atoms with Gasteiger partial charge in [-0.2, -0.15) is 0 Å². The molecular weight excluding hydrogens is 397 g/mol. The summed E-state index contributed by atoms with van der Waals surface area (Å²) in [6, 6.07) is 8.45. The van der Waals surface area contributed by atoms with Gasteiger partial charge in [-0.3, -0.25) is 0 Å². The van der Waals surface area contributed by atoms with Crippen molar-refractivity contribution in [1.82, 2.24) is 9.97 Å². The Morgan fingerprint density at radius 3 is 2.81 bits per heavy atom. The second kappa shape index (κ2) is 7.95. The van der Waals surface area contributed by atoms with Gasteiger partial charge in [0, 0.05) is 19.1 Å². The first-order valence-corrected chi connectivity index (χ1v) is 8.62. The molecule has 0 saturated heterocycles. The number of aromatic nitrogens is 2. The van der Waals surface area contributed by atoms with Gasteiger partial charge in [0.2, 0.25) is 0 Å². The molecule has 0 unspecified atom stereocenters. The summed E-state index contributed by atoms with van der Waals surface area (Å²) < 4.78 is 6.23. The topological polar surface area (TPSA) is 47.0 Å². The van der Waals surface area contributed by atoms with Crippen LogP contribution in [0.2, 0.25) is 0 Å². The van der Waals surface area contributed by atoms with Crippen LogP contribution in [0.25, 0.3) is 0 Å². The van der Waals surface area contributed by atoms with Gasteiger partial charge in [0.05, 0.1) is 21.6 Å². The number of aryl methyl sites for hydroxylation is 1. The van der Waals surface area contributed by atoms with E-state index in [9.17, 15) is 0 Å². The van der Waals surface area contributed by atoms with E-state index in [0.29, 0.717) is 6.61 Å². The van der Waals surface area contributed by atoms with E-state index in [4.69, 9.17) is 4.74 Å². The van der Waals surface area contributed by atoms with Gasteiger partial charge in [0.15, 0.2) is 0 Å². The van der Waals surface area contributed by atoms with E-state index in [-0.39, 0.29) is 0 Å². The fourth-order valence-corrected chi connectivity index (χ4v) is 3.40. The smallest absolute Gasteiger partial charge is 0.143 e. The molecule has 1 aromatic carbocycles. The van der Waals surface area contributed by atoms with E-state index in [0.717, 1.165) is 26.7 Å². The lowest BCUT2D eigenvalue weighted by Crippen LogP contribution is -2.07. The molecular formula is C15H18IN3OS. The fourth-order valence-electron chi connectivity index (χ4n) is 1.86. The second-order valence-corrected chi connectivity index (χ2v) is 6.66. The second-order valence-electron chi connectivity index (χ2n) is 4.54. The van der Waals surface area contributed by atoms with E-state index in [2.05, 4.69) is 69.1 Å². The number of methoxy groups -OCH3 is 1. The largest absolute Gasteiger partial charge is 0.378 e. The van der Waals surface area contributed by atoms with Gasteiger partial charge in [0.25, 0.3) is 0 Å². The summed E-state index contributed by atoms with van der Waals surface area (Å²) in [6.07, 6.45) is 0. The van der Waals surface area contributed by atoms with Crippen molar-refractivity contribution in [3.05, 3.63) is 44.9 Å². The number of halogens is 1. The molecule has 1 heterocycles. The van der Waals surface area contributed by atoms with E-state index >= 15 is 0 Å². The zero-order chi connectivity index (χ0) is 15.2. The molecule has 0 bridgehead atoms. The maximum atomic E-state index is 5.21. The monoisotopic (exact) mass is 415 g/mol. The van der Waals surface area contributed by atoms with Crippen LogP contribution in [-0.4, -0.2) is 24.1 Å². The van der Waals surface area contributed by atoms with E-state index < -0.39 is 0 Å². The first kappa shape index (κ1) is 16.5. The molecule has 1 N–H and O–H groups in total. The molecule has 21 heavy (non-hydrogen) atoms. The zero-order valence-electron chi connectivity index (χ0n) is 12.3. The van der Waals surface area contributed by atoms with Crippen LogP contribution < -0.4 is 5.32 Å². The fraction of sp³-hybridized carbons (Fsp3) is 0.333. The molecule has 0 saturated carbocycles. The molecule has 0 aliphatic carbocycles. The van der Waals surface area contributed by atoms with Gasteiger partial charge in [-0.25, -0.2) is 9.97 Å². The standard InChI is InChI=1S/C15H18IN3OS/c1-10-5-4-6-11(7-10)21-9-13-18-12(8-20-3)14(16)15(17-2)19-13/h4-7H,8-9H2,1-3H3,(H,17,18,19). The van der Waals surface area contributed by atoms with Crippen molar-refractivity contribution in [2.24, 2.45) is 0 Å². The number of hydrogen-bond acceptors (Lipinski definition) is 5. The highest BCUT2D eigenvalue weighted by molar-refractivity contribution is 14.1. The summed E-state index contributed by atoms with van der Waals surface area (Å²) >= 11 is 3.99. The number of anilines is 1. The van der Waals surface area contributed by atoms with Crippen LogP contribution in [0, 0.1) is 10.5 Å². The predicted octanol–water partition coefficient (Wildman–Crippen LogP) is 3.87. The van der Waals surface area contributed by atoms with Crippen LogP contribution in [0.1, 0.15) is 17.1 Å². The van der Waals surface area contributed by atoms with Crippen molar-refractivity contribution < 1.29 is 4.74 Å². The number of nitrogens with one attached hydrogen (secondary N) is 1. The lowest BCUT2D eigenvalue weighted by atomic mass is 10.2. The molecule has 0 spiro atoms. The average Bonchev–Trinajstić information content (AvgIpc) is 2.48. The zero-order valence-corrected chi connectivity index (χ0v) is 15.3. The van der Waals surface area contributed by atoms with Gasteiger partial charge in [-0.1, -0.05) is 17.7 Å². The Morgan fingerprint density at radius 2 is 2.14 bits per heavy atom. The van der Waals surface area contributed by atoms with Crippen LogP contribution in [-0.2, 0) is 17.1 Å². The lowest BCUT2D eigenvalue weighted by molar-refractivity contribution is 0.180. The quantitative estimate of drug-likeness (QED) is 0.574. The first-order valence-electron chi connectivity index (χ1n) is 6.55. The molecule has 6 heteroatoms. The van der Waals surface area contributed by atoms with Gasteiger partial charge in [0.1, 0.15) is 11.6 Å². The van der Waals surface area contributed by atoms with Crippen LogP contribution in [0.3, 0.4) is 0 Å². The summed E-state index contributed by atoms with van der Waals surface area (Å²) in [5, 5.41) is 3.12. The van der Waals surface area contributed by atoms with Crippen molar-refractivity contribution in [2.45, 2.75) is 24.2 Å². The van der Waals surface area contributed by atoms with Gasteiger partial charge in [-0.05, 0) is 41.6 Å². The Balaban J connectivity index is 2.17. The van der Waals surface area contributed by atoms with Crippen LogP contribution >= 0.6 is 34.4 Å². The number of hydrogen-bond donors (Lipinski definition) is 1. The van der Waals surface area contributed by atoms with Crippen molar-refractivity contribution in [2.75, 3.05) is 19.5 Å². The Morgan fingerprint density at radius 1 is 1.33 bits per heavy atom. The Labute approximate surface area is 143 Å². The SMILES string of the molecule is CNc1nc(CSc2cccc(C)c2)nc(COC)c1I. The molecule has 0 aliphatic heterocycles. The van der Waals surface area contributed by atoms with Crippen LogP contribution in [0.4, 0.5) is 5.82 Å². The highest BCUT2D eigenvalue weighted by atomic mass is 127. The van der Waals surface area contributed by atoms with Crippen molar-refractivity contribution in [3.63, 3.8) is 0 Å². The molecule has 2 rings (SSSR count). The summed E-state index contributed by atoms with van der Waals surface area (Å²) in [4.78, 5) is 10.4. The molecule has 0 amide bonds.